The van der Waals surface area contributed by atoms with Crippen molar-refractivity contribution in [3.05, 3.63) is 70.3 Å². The molecule has 0 amide bonds. The Kier molecular flexibility index (Phi) is 4.66. The molecule has 0 aliphatic heterocycles. The van der Waals surface area contributed by atoms with Crippen molar-refractivity contribution in [2.24, 2.45) is 0 Å². The lowest BCUT2D eigenvalue weighted by molar-refractivity contribution is 1.02. The van der Waals surface area contributed by atoms with Crippen molar-refractivity contribution in [3.8, 4) is 0 Å². The second-order valence-electron chi connectivity index (χ2n) is 5.01. The number of benzene rings is 2. The van der Waals surface area contributed by atoms with Crippen LogP contribution in [0.4, 0.5) is 0 Å². The molecule has 2 aromatic carbocycles. The standard InChI is InChI=1S/C18H21Cl/c1-4-14-8-11-15(5-2)17(12-14)18(19)16-9-6-13(3)7-10-16/h6-12,18H,4-5H2,1-3H3. The average molecular weight is 273 g/mol. The van der Waals surface area contributed by atoms with Gasteiger partial charge in [0.25, 0.3) is 0 Å². The third-order valence-electron chi connectivity index (χ3n) is 3.64. The van der Waals surface area contributed by atoms with Crippen molar-refractivity contribution < 1.29 is 0 Å². The highest BCUT2D eigenvalue weighted by Gasteiger charge is 2.14. The largest absolute Gasteiger partial charge is 0.113 e. The average Bonchev–Trinajstić information content (AvgIpc) is 2.46. The molecular weight excluding hydrogens is 252 g/mol. The number of hydrogen-bond donors (Lipinski definition) is 0. The summed E-state index contributed by atoms with van der Waals surface area (Å²) in [6, 6.07) is 15.2. The van der Waals surface area contributed by atoms with Crippen molar-refractivity contribution >= 4 is 11.6 Å². The van der Waals surface area contributed by atoms with Crippen LogP contribution in [0.2, 0.25) is 0 Å². The molecule has 0 heterocycles. The molecule has 0 N–H and O–H groups in total. The van der Waals surface area contributed by atoms with E-state index < -0.39 is 0 Å². The van der Waals surface area contributed by atoms with E-state index in [1.54, 1.807) is 0 Å². The Labute approximate surface area is 121 Å². The van der Waals surface area contributed by atoms with E-state index in [0.29, 0.717) is 0 Å². The van der Waals surface area contributed by atoms with E-state index in [2.05, 4.69) is 63.2 Å². The van der Waals surface area contributed by atoms with E-state index in [0.717, 1.165) is 12.8 Å². The zero-order valence-electron chi connectivity index (χ0n) is 11.9. The van der Waals surface area contributed by atoms with Gasteiger partial charge in [0.1, 0.15) is 0 Å². The van der Waals surface area contributed by atoms with Gasteiger partial charge in [-0.15, -0.1) is 11.6 Å². The SMILES string of the molecule is CCc1ccc(CC)c(C(Cl)c2ccc(C)cc2)c1. The zero-order chi connectivity index (χ0) is 13.8. The van der Waals surface area contributed by atoms with Crippen LogP contribution >= 0.6 is 11.6 Å². The Balaban J connectivity index is 2.41. The minimum Gasteiger partial charge on any atom is -0.113 e. The zero-order valence-corrected chi connectivity index (χ0v) is 12.7. The molecule has 2 rings (SSSR count). The Morgan fingerprint density at radius 3 is 2.21 bits per heavy atom. The van der Waals surface area contributed by atoms with E-state index in [-0.39, 0.29) is 5.38 Å². The first-order valence-electron chi connectivity index (χ1n) is 6.98. The van der Waals surface area contributed by atoms with Gasteiger partial charge in [0.2, 0.25) is 0 Å². The molecule has 0 aliphatic rings. The van der Waals surface area contributed by atoms with Crippen molar-refractivity contribution in [2.75, 3.05) is 0 Å². The van der Waals surface area contributed by atoms with Crippen LogP contribution in [0.25, 0.3) is 0 Å². The maximum absolute atomic E-state index is 6.70. The highest BCUT2D eigenvalue weighted by atomic mass is 35.5. The predicted octanol–water partition coefficient (Wildman–Crippen LogP) is 5.45. The van der Waals surface area contributed by atoms with Crippen LogP contribution in [0.3, 0.4) is 0 Å². The Hall–Kier alpha value is -1.27. The van der Waals surface area contributed by atoms with Crippen LogP contribution in [0.15, 0.2) is 42.5 Å². The monoisotopic (exact) mass is 272 g/mol. The third-order valence-corrected chi connectivity index (χ3v) is 4.13. The molecule has 2 aromatic rings. The van der Waals surface area contributed by atoms with E-state index in [4.69, 9.17) is 11.6 Å². The molecule has 0 aliphatic carbocycles. The molecule has 0 fully saturated rings. The molecule has 0 radical (unpaired) electrons. The van der Waals surface area contributed by atoms with Crippen LogP contribution in [0.5, 0.6) is 0 Å². The first-order chi connectivity index (χ1) is 9.15. The Bertz CT molecular complexity index is 540. The molecule has 1 heteroatoms. The van der Waals surface area contributed by atoms with Crippen LogP contribution in [0.1, 0.15) is 47.0 Å². The fourth-order valence-corrected chi connectivity index (χ4v) is 2.69. The summed E-state index contributed by atoms with van der Waals surface area (Å²) in [4.78, 5) is 0. The van der Waals surface area contributed by atoms with Gasteiger partial charge in [-0.05, 0) is 42.0 Å². The van der Waals surface area contributed by atoms with Crippen LogP contribution < -0.4 is 0 Å². The van der Waals surface area contributed by atoms with E-state index in [1.807, 2.05) is 0 Å². The maximum Gasteiger partial charge on any atom is 0.0838 e. The van der Waals surface area contributed by atoms with Gasteiger partial charge < -0.3 is 0 Å². The smallest absolute Gasteiger partial charge is 0.0838 e. The summed E-state index contributed by atoms with van der Waals surface area (Å²) in [7, 11) is 0. The highest BCUT2D eigenvalue weighted by molar-refractivity contribution is 6.22. The summed E-state index contributed by atoms with van der Waals surface area (Å²) in [5.74, 6) is 0. The molecule has 0 saturated heterocycles. The van der Waals surface area contributed by atoms with E-state index in [1.165, 1.54) is 27.8 Å². The summed E-state index contributed by atoms with van der Waals surface area (Å²) in [5.41, 5.74) is 6.40. The van der Waals surface area contributed by atoms with Gasteiger partial charge in [-0.1, -0.05) is 61.9 Å². The third kappa shape index (κ3) is 3.19. The van der Waals surface area contributed by atoms with Crippen molar-refractivity contribution in [1.82, 2.24) is 0 Å². The molecule has 0 nitrogen and oxygen atoms in total. The van der Waals surface area contributed by atoms with Gasteiger partial charge in [-0.2, -0.15) is 0 Å². The van der Waals surface area contributed by atoms with Crippen LogP contribution in [-0.4, -0.2) is 0 Å². The summed E-state index contributed by atoms with van der Waals surface area (Å²) < 4.78 is 0. The van der Waals surface area contributed by atoms with Gasteiger partial charge in [0, 0.05) is 0 Å². The Morgan fingerprint density at radius 2 is 1.63 bits per heavy atom. The Morgan fingerprint density at radius 1 is 0.947 bits per heavy atom. The van der Waals surface area contributed by atoms with E-state index in [9.17, 15) is 0 Å². The second kappa shape index (κ2) is 6.25. The molecule has 100 valence electrons. The quantitative estimate of drug-likeness (QED) is 0.650. The molecule has 19 heavy (non-hydrogen) atoms. The normalized spacial score (nSPS) is 12.4. The first kappa shape index (κ1) is 14.1. The number of rotatable bonds is 4. The second-order valence-corrected chi connectivity index (χ2v) is 5.45. The van der Waals surface area contributed by atoms with Crippen molar-refractivity contribution in [3.63, 3.8) is 0 Å². The van der Waals surface area contributed by atoms with Gasteiger partial charge in [0.15, 0.2) is 0 Å². The first-order valence-corrected chi connectivity index (χ1v) is 7.41. The molecule has 0 bridgehead atoms. The lowest BCUT2D eigenvalue weighted by atomic mass is 9.94. The maximum atomic E-state index is 6.70. The van der Waals surface area contributed by atoms with E-state index >= 15 is 0 Å². The predicted molar refractivity (Wildman–Crippen MR) is 84.1 cm³/mol. The van der Waals surface area contributed by atoms with Gasteiger partial charge in [-0.3, -0.25) is 0 Å². The van der Waals surface area contributed by atoms with Gasteiger partial charge >= 0.3 is 0 Å². The topological polar surface area (TPSA) is 0 Å². The lowest BCUT2D eigenvalue weighted by Crippen LogP contribution is -2.00. The summed E-state index contributed by atoms with van der Waals surface area (Å²) in [6.45, 7) is 6.46. The summed E-state index contributed by atoms with van der Waals surface area (Å²) >= 11 is 6.70. The summed E-state index contributed by atoms with van der Waals surface area (Å²) in [5, 5.41) is -0.0537. The fourth-order valence-electron chi connectivity index (χ4n) is 2.34. The van der Waals surface area contributed by atoms with Crippen molar-refractivity contribution in [2.45, 2.75) is 39.0 Å². The van der Waals surface area contributed by atoms with Gasteiger partial charge in [0.05, 0.1) is 5.38 Å². The molecule has 1 atom stereocenters. The van der Waals surface area contributed by atoms with Crippen LogP contribution in [0, 0.1) is 6.92 Å². The highest BCUT2D eigenvalue weighted by Crippen LogP contribution is 2.32. The minimum atomic E-state index is -0.0537. The minimum absolute atomic E-state index is 0.0537. The molecular formula is C18H21Cl. The van der Waals surface area contributed by atoms with Crippen molar-refractivity contribution in [1.29, 1.82) is 0 Å². The number of alkyl halides is 1. The number of aryl methyl sites for hydroxylation is 3. The van der Waals surface area contributed by atoms with Crippen LogP contribution in [-0.2, 0) is 12.8 Å². The molecule has 0 spiro atoms. The summed E-state index contributed by atoms with van der Waals surface area (Å²) in [6.07, 6.45) is 2.07. The van der Waals surface area contributed by atoms with Gasteiger partial charge in [-0.25, -0.2) is 0 Å². The fraction of sp³-hybridized carbons (Fsp3) is 0.333. The number of hydrogen-bond acceptors (Lipinski definition) is 0. The molecule has 0 saturated carbocycles. The molecule has 1 unspecified atom stereocenters. The number of halogens is 1. The lowest BCUT2D eigenvalue weighted by Gasteiger charge is -2.16. The molecule has 0 aromatic heterocycles.